The van der Waals surface area contributed by atoms with Crippen LogP contribution in [0.1, 0.15) is 42.4 Å². The molecule has 1 saturated carbocycles. The Labute approximate surface area is 102 Å². The molecule has 1 nitrogen and oxygen atoms in total. The summed E-state index contributed by atoms with van der Waals surface area (Å²) in [4.78, 5) is 0. The molecule has 1 aliphatic heterocycles. The van der Waals surface area contributed by atoms with Gasteiger partial charge in [-0.3, -0.25) is 0 Å². The third kappa shape index (κ3) is 1.99. The van der Waals surface area contributed by atoms with Crippen LogP contribution in [0, 0.1) is 5.92 Å². The van der Waals surface area contributed by atoms with Crippen LogP contribution in [-0.2, 0) is 4.74 Å². The summed E-state index contributed by atoms with van der Waals surface area (Å²) in [5.74, 6) is 2.02. The SMILES string of the molecule is ClCC1CCOC1c1cccc(C2CC2)c1. The van der Waals surface area contributed by atoms with E-state index in [9.17, 15) is 0 Å². The average molecular weight is 237 g/mol. The van der Waals surface area contributed by atoms with Crippen molar-refractivity contribution in [3.63, 3.8) is 0 Å². The van der Waals surface area contributed by atoms with Gasteiger partial charge < -0.3 is 4.74 Å². The molecule has 0 spiro atoms. The van der Waals surface area contributed by atoms with E-state index in [0.29, 0.717) is 11.8 Å². The first kappa shape index (κ1) is 10.6. The zero-order chi connectivity index (χ0) is 11.0. The van der Waals surface area contributed by atoms with Gasteiger partial charge in [0, 0.05) is 18.4 Å². The van der Waals surface area contributed by atoms with Crippen molar-refractivity contribution in [3.8, 4) is 0 Å². The smallest absolute Gasteiger partial charge is 0.0865 e. The third-order valence-electron chi connectivity index (χ3n) is 3.70. The van der Waals surface area contributed by atoms with E-state index in [4.69, 9.17) is 16.3 Å². The van der Waals surface area contributed by atoms with E-state index >= 15 is 0 Å². The molecule has 1 saturated heterocycles. The average Bonchev–Trinajstić information content (AvgIpc) is 3.07. The van der Waals surface area contributed by atoms with E-state index < -0.39 is 0 Å². The molecule has 0 amide bonds. The Hall–Kier alpha value is -0.530. The van der Waals surface area contributed by atoms with E-state index in [0.717, 1.165) is 18.9 Å². The number of alkyl halides is 1. The maximum atomic E-state index is 5.99. The molecule has 86 valence electrons. The molecule has 3 rings (SSSR count). The number of hydrogen-bond acceptors (Lipinski definition) is 1. The molecule has 2 aliphatic rings. The summed E-state index contributed by atoms with van der Waals surface area (Å²) in [6, 6.07) is 8.91. The molecule has 1 aromatic carbocycles. The van der Waals surface area contributed by atoms with Crippen molar-refractivity contribution in [2.75, 3.05) is 12.5 Å². The molecule has 2 fully saturated rings. The fraction of sp³-hybridized carbons (Fsp3) is 0.571. The van der Waals surface area contributed by atoms with Crippen LogP contribution in [0.3, 0.4) is 0 Å². The maximum Gasteiger partial charge on any atom is 0.0865 e. The second-order valence-corrected chi connectivity index (χ2v) is 5.25. The van der Waals surface area contributed by atoms with Crippen molar-refractivity contribution in [2.24, 2.45) is 5.92 Å². The summed E-state index contributed by atoms with van der Waals surface area (Å²) in [6.45, 7) is 0.857. The van der Waals surface area contributed by atoms with Crippen LogP contribution in [-0.4, -0.2) is 12.5 Å². The first-order valence-electron chi connectivity index (χ1n) is 6.16. The van der Waals surface area contributed by atoms with Gasteiger partial charge in [-0.2, -0.15) is 0 Å². The van der Waals surface area contributed by atoms with Gasteiger partial charge in [0.15, 0.2) is 0 Å². The van der Waals surface area contributed by atoms with Crippen LogP contribution in [0.2, 0.25) is 0 Å². The molecule has 0 radical (unpaired) electrons. The monoisotopic (exact) mass is 236 g/mol. The van der Waals surface area contributed by atoms with E-state index in [-0.39, 0.29) is 6.10 Å². The van der Waals surface area contributed by atoms with E-state index in [1.165, 1.54) is 24.0 Å². The largest absolute Gasteiger partial charge is 0.373 e. The van der Waals surface area contributed by atoms with Gasteiger partial charge in [-0.25, -0.2) is 0 Å². The lowest BCUT2D eigenvalue weighted by Gasteiger charge is -2.17. The van der Waals surface area contributed by atoms with Crippen LogP contribution >= 0.6 is 11.6 Å². The normalized spacial score (nSPS) is 29.6. The van der Waals surface area contributed by atoms with Crippen molar-refractivity contribution in [1.82, 2.24) is 0 Å². The van der Waals surface area contributed by atoms with E-state index in [1.807, 2.05) is 0 Å². The summed E-state index contributed by atoms with van der Waals surface area (Å²) in [5, 5.41) is 0. The van der Waals surface area contributed by atoms with Gasteiger partial charge in [0.1, 0.15) is 0 Å². The highest BCUT2D eigenvalue weighted by Gasteiger charge is 2.30. The second-order valence-electron chi connectivity index (χ2n) is 4.94. The molecule has 16 heavy (non-hydrogen) atoms. The summed E-state index contributed by atoms with van der Waals surface area (Å²) >= 11 is 5.99. The standard InChI is InChI=1S/C14H17ClO/c15-9-13-6-7-16-14(13)12-3-1-2-11(8-12)10-4-5-10/h1-3,8,10,13-14H,4-7,9H2. The zero-order valence-corrected chi connectivity index (χ0v) is 10.1. The fourth-order valence-electron chi connectivity index (χ4n) is 2.57. The van der Waals surface area contributed by atoms with Crippen LogP contribution in [0.25, 0.3) is 0 Å². The second kappa shape index (κ2) is 4.38. The molecule has 1 heterocycles. The predicted molar refractivity (Wildman–Crippen MR) is 65.9 cm³/mol. The Morgan fingerprint density at radius 3 is 2.75 bits per heavy atom. The minimum absolute atomic E-state index is 0.233. The third-order valence-corrected chi connectivity index (χ3v) is 4.10. The van der Waals surface area contributed by atoms with Crippen LogP contribution < -0.4 is 0 Å². The zero-order valence-electron chi connectivity index (χ0n) is 9.36. The first-order chi connectivity index (χ1) is 7.88. The number of hydrogen-bond donors (Lipinski definition) is 0. The molecule has 0 aromatic heterocycles. The number of rotatable bonds is 3. The minimum atomic E-state index is 0.233. The highest BCUT2D eigenvalue weighted by molar-refractivity contribution is 6.18. The Morgan fingerprint density at radius 1 is 1.19 bits per heavy atom. The van der Waals surface area contributed by atoms with Gasteiger partial charge in [0.25, 0.3) is 0 Å². The lowest BCUT2D eigenvalue weighted by atomic mass is 9.95. The molecule has 2 heteroatoms. The topological polar surface area (TPSA) is 9.23 Å². The quantitative estimate of drug-likeness (QED) is 0.724. The fourth-order valence-corrected chi connectivity index (χ4v) is 2.88. The van der Waals surface area contributed by atoms with Crippen molar-refractivity contribution in [2.45, 2.75) is 31.3 Å². The number of halogens is 1. The minimum Gasteiger partial charge on any atom is -0.373 e. The lowest BCUT2D eigenvalue weighted by Crippen LogP contribution is -2.09. The molecule has 1 aromatic rings. The molecular formula is C14H17ClO. The van der Waals surface area contributed by atoms with Gasteiger partial charge in [-0.05, 0) is 36.3 Å². The van der Waals surface area contributed by atoms with Gasteiger partial charge in [0.2, 0.25) is 0 Å². The molecule has 0 N–H and O–H groups in total. The molecular weight excluding hydrogens is 220 g/mol. The van der Waals surface area contributed by atoms with E-state index in [1.54, 1.807) is 0 Å². The Bertz CT molecular complexity index is 373. The van der Waals surface area contributed by atoms with Crippen LogP contribution in [0.15, 0.2) is 24.3 Å². The Balaban J connectivity index is 1.84. The molecule has 0 bridgehead atoms. The Morgan fingerprint density at radius 2 is 2.00 bits per heavy atom. The summed E-state index contributed by atoms with van der Waals surface area (Å²) in [7, 11) is 0. The molecule has 2 atom stereocenters. The number of benzene rings is 1. The summed E-state index contributed by atoms with van der Waals surface area (Å²) < 4.78 is 5.81. The van der Waals surface area contributed by atoms with Gasteiger partial charge >= 0.3 is 0 Å². The van der Waals surface area contributed by atoms with Crippen LogP contribution in [0.4, 0.5) is 0 Å². The maximum absolute atomic E-state index is 5.99. The number of ether oxygens (including phenoxy) is 1. The van der Waals surface area contributed by atoms with E-state index in [2.05, 4.69) is 24.3 Å². The highest BCUT2D eigenvalue weighted by Crippen LogP contribution is 2.42. The van der Waals surface area contributed by atoms with Crippen molar-refractivity contribution >= 4 is 11.6 Å². The first-order valence-corrected chi connectivity index (χ1v) is 6.69. The Kier molecular flexibility index (Phi) is 2.91. The van der Waals surface area contributed by atoms with Gasteiger partial charge in [0.05, 0.1) is 6.10 Å². The van der Waals surface area contributed by atoms with Gasteiger partial charge in [-0.1, -0.05) is 24.3 Å². The molecule has 2 unspecified atom stereocenters. The molecule has 1 aliphatic carbocycles. The van der Waals surface area contributed by atoms with Gasteiger partial charge in [-0.15, -0.1) is 11.6 Å². The highest BCUT2D eigenvalue weighted by atomic mass is 35.5. The lowest BCUT2D eigenvalue weighted by molar-refractivity contribution is 0.0951. The summed E-state index contributed by atoms with van der Waals surface area (Å²) in [5.41, 5.74) is 2.81. The van der Waals surface area contributed by atoms with Crippen molar-refractivity contribution < 1.29 is 4.74 Å². The predicted octanol–water partition coefficient (Wildman–Crippen LogP) is 3.88. The van der Waals surface area contributed by atoms with Crippen molar-refractivity contribution in [1.29, 1.82) is 0 Å². The van der Waals surface area contributed by atoms with Crippen LogP contribution in [0.5, 0.6) is 0 Å². The van der Waals surface area contributed by atoms with Crippen molar-refractivity contribution in [3.05, 3.63) is 35.4 Å². The summed E-state index contributed by atoms with van der Waals surface area (Å²) in [6.07, 6.45) is 4.04.